The van der Waals surface area contributed by atoms with E-state index in [1.54, 1.807) is 35.2 Å². The molecule has 3 aliphatic rings. The predicted octanol–water partition coefficient (Wildman–Crippen LogP) is 5.21. The SMILES string of the molecule is O=C(NC[C@@H]1CCCO1)c1ccccc1N1C(=O)[C@@H]2Cc3c([nH]c4ccccc34)[C@@H](c3cccc(Cl)c3)N2C1=O. The summed E-state index contributed by atoms with van der Waals surface area (Å²) in [5.41, 5.74) is 4.17. The van der Waals surface area contributed by atoms with Crippen LogP contribution in [0.5, 0.6) is 0 Å². The second-order valence-corrected chi connectivity index (χ2v) is 10.9. The van der Waals surface area contributed by atoms with Gasteiger partial charge >= 0.3 is 6.03 Å². The highest BCUT2D eigenvalue weighted by atomic mass is 35.5. The van der Waals surface area contributed by atoms with Crippen LogP contribution in [0.3, 0.4) is 0 Å². The van der Waals surface area contributed by atoms with Gasteiger partial charge in [-0.2, -0.15) is 0 Å². The predicted molar refractivity (Wildman–Crippen MR) is 152 cm³/mol. The fraction of sp³-hybridized carbons (Fsp3) is 0.258. The summed E-state index contributed by atoms with van der Waals surface area (Å²) in [6.45, 7) is 1.07. The Morgan fingerprint density at radius 3 is 2.70 bits per heavy atom. The molecule has 8 nitrogen and oxygen atoms in total. The highest BCUT2D eigenvalue weighted by Gasteiger charge is 2.53. The van der Waals surface area contributed by atoms with Crippen LogP contribution in [0.2, 0.25) is 5.02 Å². The van der Waals surface area contributed by atoms with Crippen LogP contribution < -0.4 is 10.2 Å². The number of halogens is 1. The molecule has 4 aromatic rings. The molecule has 9 heteroatoms. The number of anilines is 1. The summed E-state index contributed by atoms with van der Waals surface area (Å²) in [6.07, 6.45) is 2.20. The first kappa shape index (κ1) is 24.9. The van der Waals surface area contributed by atoms with E-state index in [2.05, 4.69) is 10.3 Å². The molecule has 1 aromatic heterocycles. The van der Waals surface area contributed by atoms with Crippen molar-refractivity contribution in [3.05, 3.63) is 100 Å². The second-order valence-electron chi connectivity index (χ2n) is 10.5. The molecule has 4 amide bonds. The van der Waals surface area contributed by atoms with Crippen molar-refractivity contribution < 1.29 is 19.1 Å². The lowest BCUT2D eigenvalue weighted by atomic mass is 9.89. The third-order valence-electron chi connectivity index (χ3n) is 8.12. The van der Waals surface area contributed by atoms with Crippen molar-refractivity contribution >= 4 is 46.0 Å². The van der Waals surface area contributed by atoms with Crippen LogP contribution in [0.25, 0.3) is 10.9 Å². The van der Waals surface area contributed by atoms with Gasteiger partial charge in [-0.3, -0.25) is 14.5 Å². The van der Waals surface area contributed by atoms with Crippen molar-refractivity contribution in [3.63, 3.8) is 0 Å². The first-order valence-corrected chi connectivity index (χ1v) is 13.9. The number of H-pyrrole nitrogens is 1. The smallest absolute Gasteiger partial charge is 0.332 e. The van der Waals surface area contributed by atoms with Gasteiger partial charge in [0.15, 0.2) is 0 Å². The Bertz CT molecular complexity index is 1660. The molecule has 2 N–H and O–H groups in total. The van der Waals surface area contributed by atoms with Gasteiger partial charge in [0.25, 0.3) is 11.8 Å². The molecule has 3 atom stereocenters. The zero-order valence-electron chi connectivity index (χ0n) is 21.6. The Labute approximate surface area is 235 Å². The summed E-state index contributed by atoms with van der Waals surface area (Å²) in [5.74, 6) is -0.702. The number of amides is 4. The Kier molecular flexibility index (Phi) is 6.09. The number of fused-ring (bicyclic) bond motifs is 4. The number of ether oxygens (including phenoxy) is 1. The number of rotatable bonds is 5. The number of hydrogen-bond donors (Lipinski definition) is 2. The molecule has 2 fully saturated rings. The molecule has 7 rings (SSSR count). The van der Waals surface area contributed by atoms with Crippen LogP contribution in [-0.2, 0) is 16.0 Å². The maximum absolute atomic E-state index is 14.2. The normalized spacial score (nSPS) is 22.1. The van der Waals surface area contributed by atoms with E-state index in [1.165, 1.54) is 0 Å². The van der Waals surface area contributed by atoms with E-state index in [9.17, 15) is 14.4 Å². The van der Waals surface area contributed by atoms with Crippen LogP contribution >= 0.6 is 11.6 Å². The van der Waals surface area contributed by atoms with Gasteiger partial charge < -0.3 is 15.0 Å². The molecular weight excluding hydrogens is 528 g/mol. The van der Waals surface area contributed by atoms with Gasteiger partial charge in [0.1, 0.15) is 12.1 Å². The lowest BCUT2D eigenvalue weighted by Crippen LogP contribution is -2.44. The van der Waals surface area contributed by atoms with Crippen molar-refractivity contribution in [2.75, 3.05) is 18.1 Å². The summed E-state index contributed by atoms with van der Waals surface area (Å²) in [6, 6.07) is 20.3. The van der Waals surface area contributed by atoms with Crippen molar-refractivity contribution in [2.45, 2.75) is 37.5 Å². The van der Waals surface area contributed by atoms with Crippen molar-refractivity contribution in [1.82, 2.24) is 15.2 Å². The molecular formula is C31H27ClN4O4. The van der Waals surface area contributed by atoms with Crippen molar-refractivity contribution in [1.29, 1.82) is 0 Å². The van der Waals surface area contributed by atoms with Crippen LogP contribution in [0.4, 0.5) is 10.5 Å². The number of aromatic nitrogens is 1. The molecule has 2 saturated heterocycles. The van der Waals surface area contributed by atoms with E-state index in [4.69, 9.17) is 16.3 Å². The fourth-order valence-corrected chi connectivity index (χ4v) is 6.49. The van der Waals surface area contributed by atoms with E-state index in [0.29, 0.717) is 24.6 Å². The van der Waals surface area contributed by atoms with E-state index in [0.717, 1.165) is 45.5 Å². The quantitative estimate of drug-likeness (QED) is 0.331. The van der Waals surface area contributed by atoms with Gasteiger partial charge in [-0.1, -0.05) is 54.1 Å². The Balaban J connectivity index is 1.29. The zero-order chi connectivity index (χ0) is 27.4. The number of benzene rings is 3. The maximum atomic E-state index is 14.2. The third-order valence-corrected chi connectivity index (χ3v) is 8.35. The number of carbonyl (C=O) groups excluding carboxylic acids is 3. The van der Waals surface area contributed by atoms with Gasteiger partial charge in [-0.15, -0.1) is 0 Å². The van der Waals surface area contributed by atoms with Gasteiger partial charge in [0, 0.05) is 41.2 Å². The highest BCUT2D eigenvalue weighted by molar-refractivity contribution is 6.30. The van der Waals surface area contributed by atoms with Crippen molar-refractivity contribution in [2.24, 2.45) is 0 Å². The van der Waals surface area contributed by atoms with Gasteiger partial charge in [-0.25, -0.2) is 9.69 Å². The third kappa shape index (κ3) is 3.98. The molecule has 0 radical (unpaired) electrons. The van der Waals surface area contributed by atoms with Crippen LogP contribution in [-0.4, -0.2) is 53.0 Å². The summed E-state index contributed by atoms with van der Waals surface area (Å²) < 4.78 is 5.63. The summed E-state index contributed by atoms with van der Waals surface area (Å²) in [4.78, 5) is 47.9. The minimum Gasteiger partial charge on any atom is -0.376 e. The lowest BCUT2D eigenvalue weighted by Gasteiger charge is -2.36. The number of carbonyl (C=O) groups is 3. The van der Waals surface area contributed by atoms with E-state index < -0.39 is 18.1 Å². The largest absolute Gasteiger partial charge is 0.376 e. The number of nitrogens with one attached hydrogen (secondary N) is 2. The first-order valence-electron chi connectivity index (χ1n) is 13.5. The molecule has 0 saturated carbocycles. The van der Waals surface area contributed by atoms with Crippen LogP contribution in [0.1, 0.15) is 46.1 Å². The number of hydrogen-bond acceptors (Lipinski definition) is 4. The van der Waals surface area contributed by atoms with Crippen LogP contribution in [0.15, 0.2) is 72.8 Å². The molecule has 0 aliphatic carbocycles. The minimum atomic E-state index is -0.730. The maximum Gasteiger partial charge on any atom is 0.332 e. The summed E-state index contributed by atoms with van der Waals surface area (Å²) in [7, 11) is 0. The molecule has 0 unspecified atom stereocenters. The molecule has 4 heterocycles. The van der Waals surface area contributed by atoms with E-state index >= 15 is 0 Å². The van der Waals surface area contributed by atoms with E-state index in [-0.39, 0.29) is 29.2 Å². The van der Waals surface area contributed by atoms with Crippen molar-refractivity contribution in [3.8, 4) is 0 Å². The van der Waals surface area contributed by atoms with Gasteiger partial charge in [0.2, 0.25) is 0 Å². The van der Waals surface area contributed by atoms with E-state index in [1.807, 2.05) is 42.5 Å². The molecule has 0 bridgehead atoms. The Morgan fingerprint density at radius 2 is 1.88 bits per heavy atom. The minimum absolute atomic E-state index is 0.0255. The monoisotopic (exact) mass is 554 g/mol. The molecule has 0 spiro atoms. The number of aromatic amines is 1. The number of imide groups is 1. The standard InChI is InChI=1S/C31H27ClN4O4/c32-19-8-5-7-18(15-19)28-27-23(21-10-1-3-12-24(21)34-27)16-26-30(38)36(31(39)35(26)28)25-13-4-2-11-22(25)29(37)33-17-20-9-6-14-40-20/h1-5,7-8,10-13,15,20,26,28,34H,6,9,14,16-17H2,(H,33,37)/t20-,26-,28+/m0/s1. The fourth-order valence-electron chi connectivity index (χ4n) is 6.29. The first-order chi connectivity index (χ1) is 19.5. The second kappa shape index (κ2) is 9.80. The Morgan fingerprint density at radius 1 is 1.05 bits per heavy atom. The topological polar surface area (TPSA) is 94.7 Å². The molecule has 40 heavy (non-hydrogen) atoms. The lowest BCUT2D eigenvalue weighted by molar-refractivity contribution is -0.120. The van der Waals surface area contributed by atoms with Gasteiger partial charge in [0.05, 0.1) is 17.4 Å². The molecule has 3 aromatic carbocycles. The zero-order valence-corrected chi connectivity index (χ0v) is 22.4. The number of nitrogens with zero attached hydrogens (tertiary/aromatic N) is 2. The molecule has 3 aliphatic heterocycles. The van der Waals surface area contributed by atoms with Gasteiger partial charge in [-0.05, 0) is 54.3 Å². The van der Waals surface area contributed by atoms with Crippen LogP contribution in [0, 0.1) is 0 Å². The summed E-state index contributed by atoms with van der Waals surface area (Å²) in [5, 5.41) is 4.49. The number of para-hydroxylation sites is 2. The average Bonchev–Trinajstić information content (AvgIpc) is 3.68. The average molecular weight is 555 g/mol. The Hall–Kier alpha value is -4.14. The highest BCUT2D eigenvalue weighted by Crippen LogP contribution is 2.45. The number of urea groups is 1. The molecule has 202 valence electrons. The summed E-state index contributed by atoms with van der Waals surface area (Å²) >= 11 is 6.39.